The average molecular weight is 208 g/mol. The minimum absolute atomic E-state index is 0.684. The lowest BCUT2D eigenvalue weighted by Gasteiger charge is -2.12. The molecule has 0 unspecified atom stereocenters. The number of para-hydroxylation sites is 1. The van der Waals surface area contributed by atoms with E-state index in [9.17, 15) is 0 Å². The Labute approximate surface area is 91.6 Å². The summed E-state index contributed by atoms with van der Waals surface area (Å²) >= 11 is 0. The van der Waals surface area contributed by atoms with E-state index >= 15 is 0 Å². The maximum atomic E-state index is 5.92. The van der Waals surface area contributed by atoms with E-state index in [-0.39, 0.29) is 0 Å². The summed E-state index contributed by atoms with van der Waals surface area (Å²) in [6.07, 6.45) is 1.14. The van der Waals surface area contributed by atoms with Gasteiger partial charge in [0, 0.05) is 6.54 Å². The maximum absolute atomic E-state index is 5.92. The number of nitrogens with one attached hydrogen (secondary N) is 1. The number of hydrogen-bond donors (Lipinski definition) is 2. The fourth-order valence-corrected chi connectivity index (χ4v) is 1.37. The van der Waals surface area contributed by atoms with Gasteiger partial charge < -0.3 is 15.8 Å². The zero-order valence-electron chi connectivity index (χ0n) is 9.71. The number of methoxy groups -OCH3 is 1. The first-order chi connectivity index (χ1) is 7.15. The number of benzene rings is 1. The van der Waals surface area contributed by atoms with Crippen LogP contribution in [0, 0.1) is 5.92 Å². The predicted molar refractivity (Wildman–Crippen MR) is 65.4 cm³/mol. The van der Waals surface area contributed by atoms with Gasteiger partial charge in [0.2, 0.25) is 0 Å². The lowest BCUT2D eigenvalue weighted by Crippen LogP contribution is -2.07. The summed E-state index contributed by atoms with van der Waals surface area (Å²) in [5, 5.41) is 3.31. The van der Waals surface area contributed by atoms with Crippen LogP contribution in [0.5, 0.6) is 5.75 Å². The van der Waals surface area contributed by atoms with Crippen LogP contribution in [0.15, 0.2) is 18.2 Å². The molecular formula is C12H20N2O. The zero-order chi connectivity index (χ0) is 11.3. The summed E-state index contributed by atoms with van der Waals surface area (Å²) in [5.74, 6) is 1.42. The highest BCUT2D eigenvalue weighted by molar-refractivity contribution is 5.72. The molecule has 1 aromatic rings. The summed E-state index contributed by atoms with van der Waals surface area (Å²) in [6, 6.07) is 5.77. The molecule has 0 aliphatic carbocycles. The first-order valence-electron chi connectivity index (χ1n) is 5.31. The Morgan fingerprint density at radius 2 is 2.13 bits per heavy atom. The second-order valence-corrected chi connectivity index (χ2v) is 4.03. The molecule has 0 spiro atoms. The van der Waals surface area contributed by atoms with Gasteiger partial charge in [0.05, 0.1) is 18.5 Å². The average Bonchev–Trinajstić information content (AvgIpc) is 2.20. The molecule has 0 radical (unpaired) electrons. The Hall–Kier alpha value is -1.38. The SMILES string of the molecule is COc1cccc(NCCC(C)C)c1N. The minimum atomic E-state index is 0.684. The molecule has 3 heteroatoms. The number of rotatable bonds is 5. The van der Waals surface area contributed by atoms with E-state index in [1.807, 2.05) is 18.2 Å². The molecule has 0 saturated heterocycles. The van der Waals surface area contributed by atoms with Gasteiger partial charge in [-0.1, -0.05) is 19.9 Å². The molecule has 0 aliphatic heterocycles. The Balaban J connectivity index is 2.61. The summed E-state index contributed by atoms with van der Waals surface area (Å²) in [4.78, 5) is 0. The Morgan fingerprint density at radius 1 is 1.40 bits per heavy atom. The number of nitrogens with two attached hydrogens (primary N) is 1. The lowest BCUT2D eigenvalue weighted by atomic mass is 10.1. The van der Waals surface area contributed by atoms with Crippen molar-refractivity contribution < 1.29 is 4.74 Å². The third-order valence-corrected chi connectivity index (χ3v) is 2.32. The second-order valence-electron chi connectivity index (χ2n) is 4.03. The van der Waals surface area contributed by atoms with Gasteiger partial charge in [0.25, 0.3) is 0 Å². The number of ether oxygens (including phenoxy) is 1. The van der Waals surface area contributed by atoms with Gasteiger partial charge in [-0.15, -0.1) is 0 Å². The summed E-state index contributed by atoms with van der Waals surface area (Å²) in [5.41, 5.74) is 7.56. The maximum Gasteiger partial charge on any atom is 0.143 e. The Kier molecular flexibility index (Phi) is 4.28. The molecule has 0 amide bonds. The zero-order valence-corrected chi connectivity index (χ0v) is 9.71. The molecule has 0 heterocycles. The highest BCUT2D eigenvalue weighted by atomic mass is 16.5. The van der Waals surface area contributed by atoms with Crippen molar-refractivity contribution in [3.63, 3.8) is 0 Å². The standard InChI is InChI=1S/C12H20N2O/c1-9(2)7-8-14-10-5-4-6-11(15-3)12(10)13/h4-6,9,14H,7-8,13H2,1-3H3. The first kappa shape index (κ1) is 11.7. The van der Waals surface area contributed by atoms with Crippen LogP contribution in [0.4, 0.5) is 11.4 Å². The fourth-order valence-electron chi connectivity index (χ4n) is 1.37. The van der Waals surface area contributed by atoms with E-state index in [0.29, 0.717) is 11.6 Å². The Bertz CT molecular complexity index is 310. The molecule has 1 aromatic carbocycles. The van der Waals surface area contributed by atoms with Gasteiger partial charge in [-0.3, -0.25) is 0 Å². The Morgan fingerprint density at radius 3 is 2.73 bits per heavy atom. The summed E-state index contributed by atoms with van der Waals surface area (Å²) in [7, 11) is 1.63. The topological polar surface area (TPSA) is 47.3 Å². The molecule has 0 aromatic heterocycles. The van der Waals surface area contributed by atoms with E-state index in [0.717, 1.165) is 24.4 Å². The van der Waals surface area contributed by atoms with Gasteiger partial charge in [-0.05, 0) is 24.5 Å². The quantitative estimate of drug-likeness (QED) is 0.731. The molecule has 0 atom stereocenters. The molecule has 15 heavy (non-hydrogen) atoms. The number of nitrogen functional groups attached to an aromatic ring is 1. The molecule has 3 nitrogen and oxygen atoms in total. The van der Waals surface area contributed by atoms with Crippen LogP contribution in [-0.2, 0) is 0 Å². The highest BCUT2D eigenvalue weighted by Gasteiger charge is 2.04. The van der Waals surface area contributed by atoms with E-state index in [1.165, 1.54) is 0 Å². The number of anilines is 2. The van der Waals surface area contributed by atoms with Gasteiger partial charge in [-0.2, -0.15) is 0 Å². The van der Waals surface area contributed by atoms with E-state index in [4.69, 9.17) is 10.5 Å². The van der Waals surface area contributed by atoms with Crippen LogP contribution < -0.4 is 15.8 Å². The van der Waals surface area contributed by atoms with Crippen molar-refractivity contribution in [1.29, 1.82) is 0 Å². The van der Waals surface area contributed by atoms with Crippen molar-refractivity contribution in [2.75, 3.05) is 24.7 Å². The van der Waals surface area contributed by atoms with E-state index < -0.39 is 0 Å². The third kappa shape index (κ3) is 3.35. The molecule has 0 bridgehead atoms. The van der Waals surface area contributed by atoms with E-state index in [2.05, 4.69) is 19.2 Å². The molecule has 0 saturated carbocycles. The lowest BCUT2D eigenvalue weighted by molar-refractivity contribution is 0.417. The van der Waals surface area contributed by atoms with Crippen LogP contribution in [0.3, 0.4) is 0 Å². The van der Waals surface area contributed by atoms with E-state index in [1.54, 1.807) is 7.11 Å². The van der Waals surface area contributed by atoms with Crippen molar-refractivity contribution in [2.24, 2.45) is 5.92 Å². The van der Waals surface area contributed by atoms with Crippen LogP contribution in [-0.4, -0.2) is 13.7 Å². The summed E-state index contributed by atoms with van der Waals surface area (Å²) in [6.45, 7) is 5.35. The van der Waals surface area contributed by atoms with Crippen molar-refractivity contribution in [3.8, 4) is 5.75 Å². The van der Waals surface area contributed by atoms with Gasteiger partial charge >= 0.3 is 0 Å². The second kappa shape index (κ2) is 5.49. The largest absolute Gasteiger partial charge is 0.495 e. The van der Waals surface area contributed by atoms with Gasteiger partial charge in [0.15, 0.2) is 0 Å². The van der Waals surface area contributed by atoms with Crippen LogP contribution in [0.1, 0.15) is 20.3 Å². The molecule has 0 fully saturated rings. The first-order valence-corrected chi connectivity index (χ1v) is 5.31. The van der Waals surface area contributed by atoms with Crippen molar-refractivity contribution in [3.05, 3.63) is 18.2 Å². The van der Waals surface area contributed by atoms with Gasteiger partial charge in [-0.25, -0.2) is 0 Å². The molecule has 84 valence electrons. The smallest absolute Gasteiger partial charge is 0.143 e. The van der Waals surface area contributed by atoms with Crippen LogP contribution >= 0.6 is 0 Å². The predicted octanol–water partition coefficient (Wildman–Crippen LogP) is 2.74. The molecule has 0 aliphatic rings. The van der Waals surface area contributed by atoms with Crippen molar-refractivity contribution >= 4 is 11.4 Å². The fraction of sp³-hybridized carbons (Fsp3) is 0.500. The van der Waals surface area contributed by atoms with Crippen molar-refractivity contribution in [2.45, 2.75) is 20.3 Å². The van der Waals surface area contributed by atoms with Crippen LogP contribution in [0.2, 0.25) is 0 Å². The normalized spacial score (nSPS) is 10.4. The van der Waals surface area contributed by atoms with Gasteiger partial charge in [0.1, 0.15) is 5.75 Å². The highest BCUT2D eigenvalue weighted by Crippen LogP contribution is 2.28. The number of hydrogen-bond acceptors (Lipinski definition) is 3. The third-order valence-electron chi connectivity index (χ3n) is 2.32. The van der Waals surface area contributed by atoms with Crippen molar-refractivity contribution in [1.82, 2.24) is 0 Å². The van der Waals surface area contributed by atoms with Crippen LogP contribution in [0.25, 0.3) is 0 Å². The minimum Gasteiger partial charge on any atom is -0.495 e. The molecule has 1 rings (SSSR count). The molecular weight excluding hydrogens is 188 g/mol. The summed E-state index contributed by atoms with van der Waals surface area (Å²) < 4.78 is 5.15. The molecule has 3 N–H and O–H groups in total. The monoisotopic (exact) mass is 208 g/mol.